The molecule has 4 unspecified atom stereocenters. The molecule has 0 bridgehead atoms. The average molecular weight is 820 g/mol. The number of fused-ring (bicyclic) bond motifs is 1. The molecule has 280 valence electrons. The Kier molecular flexibility index (Phi) is 18.0. The van der Waals surface area contributed by atoms with E-state index in [-0.39, 0.29) is 33.2 Å². The summed E-state index contributed by atoms with van der Waals surface area (Å²) in [6.07, 6.45) is 21.4. The minimum absolute atomic E-state index is 0. The van der Waals surface area contributed by atoms with Crippen molar-refractivity contribution in [2.45, 2.75) is 66.7 Å². The van der Waals surface area contributed by atoms with Gasteiger partial charge in [0.2, 0.25) is 0 Å². The Bertz CT molecular complexity index is 1530. The van der Waals surface area contributed by atoms with E-state index in [1.807, 2.05) is 30.3 Å². The third-order valence-corrected chi connectivity index (χ3v) is 13.5. The van der Waals surface area contributed by atoms with Gasteiger partial charge in [0, 0.05) is 0 Å². The van der Waals surface area contributed by atoms with E-state index in [1.165, 1.54) is 48.9 Å². The Morgan fingerprint density at radius 2 is 1.27 bits per heavy atom. The summed E-state index contributed by atoms with van der Waals surface area (Å²) in [6, 6.07) is 32.3. The second kappa shape index (κ2) is 21.3. The zero-order chi connectivity index (χ0) is 37.0. The molecule has 7 atom stereocenters. The summed E-state index contributed by atoms with van der Waals surface area (Å²) in [5.41, 5.74) is 1.62. The number of rotatable bonds is 9. The van der Waals surface area contributed by atoms with Gasteiger partial charge < -0.3 is 22.1 Å². The molecule has 0 saturated heterocycles. The number of hydrogen-bond acceptors (Lipinski definition) is 1. The van der Waals surface area contributed by atoms with Crippen molar-refractivity contribution in [1.82, 2.24) is 0 Å². The zero-order valence-corrected chi connectivity index (χ0v) is 33.6. The minimum Gasteiger partial charge on any atom is -0.418 e. The number of carbonyl (C=O) groups excluding carboxylic acids is 1. The van der Waals surface area contributed by atoms with Crippen LogP contribution in [0.25, 0.3) is 0 Å². The van der Waals surface area contributed by atoms with Crippen molar-refractivity contribution in [3.8, 4) is 0 Å². The van der Waals surface area contributed by atoms with Crippen molar-refractivity contribution < 1.29 is 41.5 Å². The number of halogens is 4. The first-order valence-electron chi connectivity index (χ1n) is 18.6. The molecule has 3 aliphatic rings. The van der Waals surface area contributed by atoms with E-state index in [2.05, 4.69) is 112 Å². The van der Waals surface area contributed by atoms with E-state index in [4.69, 9.17) is 0 Å². The van der Waals surface area contributed by atoms with E-state index >= 15 is 0 Å². The van der Waals surface area contributed by atoms with E-state index in [0.717, 1.165) is 52.9 Å². The molecule has 3 aromatic carbocycles. The SMILES string of the molecule is CC(=O)C(C)=[C-]c1ccccc1.CC(C)[C@H]1CC[C@@H](C)C[C@H]1C1CC(CCP(c2ccccc2)c2ccccc2)C2C=CC=CC21.F[B-](F)(F)F.[Rh+3]. The molecule has 3 aliphatic carbocycles. The molecule has 0 aliphatic heterocycles. The smallest absolute Gasteiger partial charge is 0.418 e. The van der Waals surface area contributed by atoms with Gasteiger partial charge in [-0.25, -0.2) is 0 Å². The van der Waals surface area contributed by atoms with Gasteiger partial charge in [-0.2, -0.15) is 0 Å². The van der Waals surface area contributed by atoms with Crippen molar-refractivity contribution in [3.05, 3.63) is 133 Å². The van der Waals surface area contributed by atoms with Gasteiger partial charge in [-0.3, -0.25) is 0 Å². The first-order valence-corrected chi connectivity index (χ1v) is 20.1. The molecule has 3 aromatic rings. The fourth-order valence-corrected chi connectivity index (χ4v) is 11.0. The van der Waals surface area contributed by atoms with Crippen LogP contribution in [0, 0.1) is 53.4 Å². The van der Waals surface area contributed by atoms with E-state index in [9.17, 15) is 22.1 Å². The van der Waals surface area contributed by atoms with Gasteiger partial charge in [-0.15, -0.1) is 35.9 Å². The Labute approximate surface area is 324 Å². The van der Waals surface area contributed by atoms with Crippen LogP contribution in [0.3, 0.4) is 0 Å². The van der Waals surface area contributed by atoms with E-state index in [0.29, 0.717) is 5.57 Å². The quantitative estimate of drug-likeness (QED) is 0.0691. The van der Waals surface area contributed by atoms with Crippen LogP contribution >= 0.6 is 7.92 Å². The van der Waals surface area contributed by atoms with E-state index in [1.54, 1.807) is 13.8 Å². The second-order valence-corrected chi connectivity index (χ2v) is 17.2. The number of hydrogen-bond donors (Lipinski definition) is 0. The first kappa shape index (κ1) is 43.8. The van der Waals surface area contributed by atoms with Gasteiger partial charge in [-0.1, -0.05) is 131 Å². The molecule has 0 N–H and O–H groups in total. The van der Waals surface area contributed by atoms with E-state index < -0.39 is 7.25 Å². The van der Waals surface area contributed by atoms with Crippen LogP contribution in [-0.2, 0) is 24.3 Å². The van der Waals surface area contributed by atoms with Gasteiger partial charge in [0.1, 0.15) is 0 Å². The van der Waals surface area contributed by atoms with Gasteiger partial charge in [-0.05, 0) is 105 Å². The predicted octanol–water partition coefficient (Wildman–Crippen LogP) is 11.9. The molecule has 2 saturated carbocycles. The molecule has 1 nitrogen and oxygen atoms in total. The zero-order valence-electron chi connectivity index (χ0n) is 31.1. The molecule has 0 amide bonds. The number of carbonyl (C=O) groups is 1. The third-order valence-electron chi connectivity index (χ3n) is 11.0. The topological polar surface area (TPSA) is 17.1 Å². The molecule has 52 heavy (non-hydrogen) atoms. The summed E-state index contributed by atoms with van der Waals surface area (Å²) < 4.78 is 39.0. The molecule has 2 fully saturated rings. The summed E-state index contributed by atoms with van der Waals surface area (Å²) in [4.78, 5) is 10.8. The van der Waals surface area contributed by atoms with Crippen LogP contribution in [0.1, 0.15) is 72.3 Å². The predicted molar refractivity (Wildman–Crippen MR) is 209 cm³/mol. The minimum atomic E-state index is -6.00. The van der Waals surface area contributed by atoms with Crippen LogP contribution in [0.4, 0.5) is 17.3 Å². The second-order valence-electron chi connectivity index (χ2n) is 14.9. The van der Waals surface area contributed by atoms with Gasteiger partial charge >= 0.3 is 26.7 Å². The monoisotopic (exact) mass is 819 g/mol. The summed E-state index contributed by atoms with van der Waals surface area (Å²) >= 11 is 0. The maximum Gasteiger partial charge on any atom is 3.00 e. The van der Waals surface area contributed by atoms with Crippen molar-refractivity contribution >= 4 is 31.6 Å². The summed E-state index contributed by atoms with van der Waals surface area (Å²) in [5, 5.41) is 3.07. The molecule has 0 radical (unpaired) electrons. The number of ketones is 1. The maximum atomic E-state index is 10.8. The van der Waals surface area contributed by atoms with Crippen LogP contribution in [0.2, 0.25) is 0 Å². The van der Waals surface area contributed by atoms with Crippen LogP contribution < -0.4 is 10.6 Å². The van der Waals surface area contributed by atoms with Crippen molar-refractivity contribution in [3.63, 3.8) is 0 Å². The standard InChI is InChI=1S/C33H43P.C11H11O.BF4.Rh/c1-24(2)29-19-18-25(3)22-32(29)33-23-26(30-16-10-11-17-31(30)33)20-21-34(27-12-6-4-7-13-27)28-14-8-5-9-15-28;1-9(10(2)12)8-11-6-4-3-5-7-11;2-1(3,4)5;/h4-17,24-26,29-33H,18-23H2,1-3H3;3-7H,1-2H3;;/q;2*-1;+3/t25-,26?,29-,30?,31?,32-,33?;;;/m1.../s1. The first-order chi connectivity index (χ1) is 24.3. The van der Waals surface area contributed by atoms with Crippen molar-refractivity contribution in [2.24, 2.45) is 47.3 Å². The molecular formula is C44H54BF4OPRh+. The van der Waals surface area contributed by atoms with Crippen LogP contribution in [0.15, 0.2) is 121 Å². The molecule has 0 spiro atoms. The van der Waals surface area contributed by atoms with Gasteiger partial charge in [0.05, 0.1) is 5.78 Å². The summed E-state index contributed by atoms with van der Waals surface area (Å²) in [6.45, 7) is 10.8. The molecule has 8 heteroatoms. The summed E-state index contributed by atoms with van der Waals surface area (Å²) in [5.74, 6) is 6.87. The molecule has 6 rings (SSSR count). The van der Waals surface area contributed by atoms with Crippen molar-refractivity contribution in [2.75, 3.05) is 6.16 Å². The fraction of sp³-hybridized carbons (Fsp3) is 0.432. The Morgan fingerprint density at radius 1 is 0.769 bits per heavy atom. The Balaban J connectivity index is 0.000000337. The number of Topliss-reactive ketones (excluding diaryl/α,β-unsaturated/α-hetero) is 1. The fourth-order valence-electron chi connectivity index (χ4n) is 8.49. The van der Waals surface area contributed by atoms with Crippen molar-refractivity contribution in [1.29, 1.82) is 0 Å². The maximum absolute atomic E-state index is 10.8. The largest absolute Gasteiger partial charge is 3.00 e. The van der Waals surface area contributed by atoms with Crippen LogP contribution in [0.5, 0.6) is 0 Å². The molecule has 0 aromatic heterocycles. The molecular weight excluding hydrogens is 765 g/mol. The van der Waals surface area contributed by atoms with Gasteiger partial charge in [0.15, 0.2) is 0 Å². The Morgan fingerprint density at radius 3 is 1.77 bits per heavy atom. The normalized spacial score (nSPS) is 25.3. The third kappa shape index (κ3) is 13.7. The van der Waals surface area contributed by atoms with Gasteiger partial charge in [0.25, 0.3) is 0 Å². The average Bonchev–Trinajstić information content (AvgIpc) is 3.47. The number of benzene rings is 3. The van der Waals surface area contributed by atoms with Crippen LogP contribution in [-0.4, -0.2) is 19.2 Å². The Hall–Kier alpha value is -2.61. The molecule has 0 heterocycles. The number of allylic oxidation sites excluding steroid dienone is 5. The summed E-state index contributed by atoms with van der Waals surface area (Å²) in [7, 11) is -6.29.